The minimum atomic E-state index is -1.02. The molecule has 1 rings (SSSR count). The van der Waals surface area contributed by atoms with Gasteiger partial charge in [0.1, 0.15) is 0 Å². The van der Waals surface area contributed by atoms with Crippen LogP contribution in [0.1, 0.15) is 6.92 Å². The van der Waals surface area contributed by atoms with E-state index in [1.807, 2.05) is 0 Å². The van der Waals surface area contributed by atoms with Gasteiger partial charge in [0, 0.05) is 24.6 Å². The van der Waals surface area contributed by atoms with Crippen LogP contribution in [0.2, 0.25) is 0 Å². The van der Waals surface area contributed by atoms with Gasteiger partial charge in [0.05, 0.1) is 0 Å². The number of rotatable bonds is 6. The number of aromatic nitrogens is 2. The third-order valence-electron chi connectivity index (χ3n) is 1.66. The molecule has 0 spiro atoms. The molecule has 1 heterocycles. The van der Waals surface area contributed by atoms with Crippen LogP contribution in [-0.4, -0.2) is 39.5 Å². The molecule has 0 aliphatic heterocycles. The Hall–Kier alpha value is -1.34. The fourth-order valence-electron chi connectivity index (χ4n) is 0.972. The van der Waals surface area contributed by atoms with Gasteiger partial charge in [-0.3, -0.25) is 4.79 Å². The number of nitrogens with one attached hydrogen (secondary N) is 1. The molecule has 0 saturated carbocycles. The van der Waals surface area contributed by atoms with Crippen LogP contribution >= 0.6 is 11.8 Å². The molecule has 0 amide bonds. The van der Waals surface area contributed by atoms with Gasteiger partial charge in [-0.2, -0.15) is 0 Å². The normalized spacial score (nSPS) is 12.3. The van der Waals surface area contributed by atoms with Crippen molar-refractivity contribution in [3.63, 3.8) is 0 Å². The number of aromatic amines is 1. The Bertz CT molecular complexity index is 406. The zero-order valence-electron chi connectivity index (χ0n) is 8.67. The first-order valence-corrected chi connectivity index (χ1v) is 5.64. The summed E-state index contributed by atoms with van der Waals surface area (Å²) >= 11 is 1.14. The summed E-state index contributed by atoms with van der Waals surface area (Å²) in [5.74, 6) is -0.816. The molecule has 7 heteroatoms. The van der Waals surface area contributed by atoms with Gasteiger partial charge >= 0.3 is 5.97 Å². The molecule has 88 valence electrons. The second-order valence-corrected chi connectivity index (χ2v) is 3.84. The Morgan fingerprint density at radius 1 is 1.75 bits per heavy atom. The third-order valence-corrected chi connectivity index (χ3v) is 2.61. The maximum atomic E-state index is 10.9. The number of H-pyrrole nitrogens is 1. The first-order valence-electron chi connectivity index (χ1n) is 4.66. The number of carbonyl (C=O) groups is 1. The molecule has 0 aliphatic carbocycles. The first kappa shape index (κ1) is 12.7. The van der Waals surface area contributed by atoms with E-state index >= 15 is 0 Å². The van der Waals surface area contributed by atoms with Gasteiger partial charge in [0.25, 0.3) is 5.56 Å². The minimum absolute atomic E-state index is 0.204. The van der Waals surface area contributed by atoms with Crippen molar-refractivity contribution >= 4 is 17.7 Å². The largest absolute Gasteiger partial charge is 0.479 e. The van der Waals surface area contributed by atoms with Gasteiger partial charge in [-0.25, -0.2) is 9.78 Å². The van der Waals surface area contributed by atoms with Crippen LogP contribution in [0.3, 0.4) is 0 Å². The predicted molar refractivity (Wildman–Crippen MR) is 58.6 cm³/mol. The summed E-state index contributed by atoms with van der Waals surface area (Å²) in [7, 11) is 0. The number of carboxylic acid groups (broad SMARTS) is 1. The SMILES string of the molecule is CCOC(CSc1nccc(=O)[nH]1)C(=O)O. The molecule has 2 N–H and O–H groups in total. The zero-order valence-corrected chi connectivity index (χ0v) is 9.49. The molecular formula is C9H12N2O4S. The quantitative estimate of drug-likeness (QED) is 0.554. The molecule has 0 aliphatic rings. The summed E-state index contributed by atoms with van der Waals surface area (Å²) in [5.41, 5.74) is -0.263. The topological polar surface area (TPSA) is 92.3 Å². The van der Waals surface area contributed by atoms with Crippen LogP contribution < -0.4 is 5.56 Å². The Balaban J connectivity index is 2.55. The van der Waals surface area contributed by atoms with Crippen molar-refractivity contribution in [1.29, 1.82) is 0 Å². The smallest absolute Gasteiger partial charge is 0.333 e. The third kappa shape index (κ3) is 4.03. The van der Waals surface area contributed by atoms with Crippen LogP contribution in [0.4, 0.5) is 0 Å². The molecule has 6 nitrogen and oxygen atoms in total. The van der Waals surface area contributed by atoms with E-state index in [9.17, 15) is 9.59 Å². The van der Waals surface area contributed by atoms with Crippen molar-refractivity contribution in [2.24, 2.45) is 0 Å². The van der Waals surface area contributed by atoms with Crippen LogP contribution in [0.25, 0.3) is 0 Å². The summed E-state index contributed by atoms with van der Waals surface area (Å²) in [6.07, 6.45) is 0.484. The Kier molecular flexibility index (Phi) is 5.00. The Morgan fingerprint density at radius 2 is 2.50 bits per heavy atom. The van der Waals surface area contributed by atoms with Crippen LogP contribution in [-0.2, 0) is 9.53 Å². The maximum absolute atomic E-state index is 10.9. The standard InChI is InChI=1S/C9H12N2O4S/c1-2-15-6(8(13)14)5-16-9-10-4-3-7(12)11-9/h3-4,6H,2,5H2,1H3,(H,13,14)(H,10,11,12). The second kappa shape index (κ2) is 6.29. The molecule has 1 aromatic heterocycles. The molecule has 1 atom stereocenters. The van der Waals surface area contributed by atoms with E-state index in [1.54, 1.807) is 6.92 Å². The lowest BCUT2D eigenvalue weighted by molar-refractivity contribution is -0.148. The number of hydrogen-bond donors (Lipinski definition) is 2. The van der Waals surface area contributed by atoms with E-state index in [1.165, 1.54) is 12.3 Å². The van der Waals surface area contributed by atoms with E-state index < -0.39 is 12.1 Å². The Morgan fingerprint density at radius 3 is 3.06 bits per heavy atom. The number of nitrogens with zero attached hydrogens (tertiary/aromatic N) is 1. The number of ether oxygens (including phenoxy) is 1. The molecule has 0 saturated heterocycles. The molecule has 0 fully saturated rings. The van der Waals surface area contributed by atoms with Crippen LogP contribution in [0.15, 0.2) is 22.2 Å². The van der Waals surface area contributed by atoms with Gasteiger partial charge in [0.2, 0.25) is 0 Å². The second-order valence-electron chi connectivity index (χ2n) is 2.83. The van der Waals surface area contributed by atoms with Crippen molar-refractivity contribution < 1.29 is 14.6 Å². The molecule has 16 heavy (non-hydrogen) atoms. The van der Waals surface area contributed by atoms with Crippen molar-refractivity contribution in [2.75, 3.05) is 12.4 Å². The van der Waals surface area contributed by atoms with Gasteiger partial charge in [-0.15, -0.1) is 0 Å². The van der Waals surface area contributed by atoms with E-state index in [4.69, 9.17) is 9.84 Å². The maximum Gasteiger partial charge on any atom is 0.333 e. The average Bonchev–Trinajstić information content (AvgIpc) is 2.24. The summed E-state index contributed by atoms with van der Waals surface area (Å²) < 4.78 is 5.02. The average molecular weight is 244 g/mol. The molecule has 0 bridgehead atoms. The molecule has 0 aromatic carbocycles. The lowest BCUT2D eigenvalue weighted by Gasteiger charge is -2.10. The fraction of sp³-hybridized carbons (Fsp3) is 0.444. The number of hydrogen-bond acceptors (Lipinski definition) is 5. The number of aliphatic carboxylic acids is 1. The predicted octanol–water partition coefficient (Wildman–Crippen LogP) is 0.352. The van der Waals surface area contributed by atoms with E-state index in [0.29, 0.717) is 11.8 Å². The Labute approximate surface area is 96.0 Å². The van der Waals surface area contributed by atoms with Gasteiger partial charge in [0.15, 0.2) is 11.3 Å². The van der Waals surface area contributed by atoms with Crippen LogP contribution in [0.5, 0.6) is 0 Å². The number of thioether (sulfide) groups is 1. The lowest BCUT2D eigenvalue weighted by Crippen LogP contribution is -2.26. The number of carboxylic acids is 1. The van der Waals surface area contributed by atoms with Crippen molar-refractivity contribution in [2.45, 2.75) is 18.2 Å². The summed E-state index contributed by atoms with van der Waals surface area (Å²) in [6, 6.07) is 1.29. The highest BCUT2D eigenvalue weighted by Crippen LogP contribution is 2.13. The van der Waals surface area contributed by atoms with Gasteiger partial charge in [-0.05, 0) is 6.92 Å². The molecule has 1 aromatic rings. The fourth-order valence-corrected chi connectivity index (χ4v) is 1.83. The minimum Gasteiger partial charge on any atom is -0.479 e. The van der Waals surface area contributed by atoms with Crippen molar-refractivity contribution in [3.8, 4) is 0 Å². The van der Waals surface area contributed by atoms with Gasteiger partial charge in [-0.1, -0.05) is 11.8 Å². The lowest BCUT2D eigenvalue weighted by atomic mass is 10.4. The first-order chi connectivity index (χ1) is 7.63. The van der Waals surface area contributed by atoms with Gasteiger partial charge < -0.3 is 14.8 Å². The van der Waals surface area contributed by atoms with Crippen molar-refractivity contribution in [1.82, 2.24) is 9.97 Å². The molecule has 0 radical (unpaired) electrons. The van der Waals surface area contributed by atoms with E-state index in [-0.39, 0.29) is 11.3 Å². The highest BCUT2D eigenvalue weighted by Gasteiger charge is 2.17. The monoisotopic (exact) mass is 244 g/mol. The summed E-state index contributed by atoms with van der Waals surface area (Å²) in [6.45, 7) is 2.06. The zero-order chi connectivity index (χ0) is 12.0. The summed E-state index contributed by atoms with van der Waals surface area (Å²) in [5, 5.41) is 9.19. The van der Waals surface area contributed by atoms with Crippen LogP contribution in [0, 0.1) is 0 Å². The summed E-state index contributed by atoms with van der Waals surface area (Å²) in [4.78, 5) is 28.1. The molecule has 1 unspecified atom stereocenters. The highest BCUT2D eigenvalue weighted by molar-refractivity contribution is 7.99. The van der Waals surface area contributed by atoms with Crippen molar-refractivity contribution in [3.05, 3.63) is 22.6 Å². The van der Waals surface area contributed by atoms with E-state index in [0.717, 1.165) is 11.8 Å². The molecular weight excluding hydrogens is 232 g/mol. The van der Waals surface area contributed by atoms with E-state index in [2.05, 4.69) is 9.97 Å². The highest BCUT2D eigenvalue weighted by atomic mass is 32.2.